The van der Waals surface area contributed by atoms with Gasteiger partial charge < -0.3 is 16.4 Å². The van der Waals surface area contributed by atoms with Crippen LogP contribution in [0.4, 0.5) is 10.6 Å². The highest BCUT2D eigenvalue weighted by molar-refractivity contribution is 5.88. The molecule has 1 saturated carbocycles. The summed E-state index contributed by atoms with van der Waals surface area (Å²) in [6.45, 7) is 4.36. The Balaban J connectivity index is 0.00000274. The van der Waals surface area contributed by atoms with Gasteiger partial charge >= 0.3 is 11.7 Å². The van der Waals surface area contributed by atoms with Crippen LogP contribution in [0.25, 0.3) is 5.69 Å². The van der Waals surface area contributed by atoms with Crippen LogP contribution in [-0.4, -0.2) is 63.6 Å². The number of piperidine rings is 1. The van der Waals surface area contributed by atoms with Crippen LogP contribution >= 0.6 is 12.4 Å². The van der Waals surface area contributed by atoms with Gasteiger partial charge in [0, 0.05) is 37.9 Å². The van der Waals surface area contributed by atoms with Crippen molar-refractivity contribution in [1.29, 1.82) is 0 Å². The van der Waals surface area contributed by atoms with Crippen LogP contribution in [0.1, 0.15) is 31.2 Å². The summed E-state index contributed by atoms with van der Waals surface area (Å²) in [5.41, 5.74) is 13.5. The van der Waals surface area contributed by atoms with Crippen molar-refractivity contribution < 1.29 is 4.79 Å². The van der Waals surface area contributed by atoms with Crippen molar-refractivity contribution in [1.82, 2.24) is 19.4 Å². The second kappa shape index (κ2) is 10.4. The number of hydrogen-bond donors (Lipinski definition) is 3. The zero-order valence-electron chi connectivity index (χ0n) is 19.3. The van der Waals surface area contributed by atoms with Gasteiger partial charge in [-0.15, -0.1) is 12.4 Å². The van der Waals surface area contributed by atoms with E-state index in [1.807, 2.05) is 29.2 Å². The first kappa shape index (κ1) is 24.7. The van der Waals surface area contributed by atoms with E-state index in [2.05, 4.69) is 15.2 Å². The van der Waals surface area contributed by atoms with Crippen molar-refractivity contribution in [3.8, 4) is 5.69 Å². The first-order valence-electron chi connectivity index (χ1n) is 11.9. The number of fused-ring (bicyclic) bond motifs is 1. The van der Waals surface area contributed by atoms with Crippen LogP contribution in [0.15, 0.2) is 41.3 Å². The average Bonchev–Trinajstić information content (AvgIpc) is 3.34. The summed E-state index contributed by atoms with van der Waals surface area (Å²) in [4.78, 5) is 33.6. The van der Waals surface area contributed by atoms with Gasteiger partial charge in [0.15, 0.2) is 0 Å². The number of carbonyl (C=O) groups is 1. The largest absolute Gasteiger partial charge is 0.354 e. The third kappa shape index (κ3) is 5.43. The second-order valence-electron chi connectivity index (χ2n) is 9.83. The number of nitrogens with one attached hydrogen (secondary N) is 1. The number of anilines is 1. The van der Waals surface area contributed by atoms with E-state index < -0.39 is 5.69 Å². The second-order valence-corrected chi connectivity index (χ2v) is 9.83. The smallest absolute Gasteiger partial charge is 0.328 e. The Labute approximate surface area is 205 Å². The van der Waals surface area contributed by atoms with Gasteiger partial charge in [0.2, 0.25) is 0 Å². The van der Waals surface area contributed by atoms with Crippen molar-refractivity contribution in [2.45, 2.75) is 44.3 Å². The highest BCUT2D eigenvalue weighted by Crippen LogP contribution is 2.37. The van der Waals surface area contributed by atoms with Crippen LogP contribution in [0.2, 0.25) is 0 Å². The Hall–Kier alpha value is -2.46. The minimum Gasteiger partial charge on any atom is -0.328 e. The lowest BCUT2D eigenvalue weighted by molar-refractivity contribution is 0.205. The molecular formula is C24H34ClN7O2. The minimum atomic E-state index is -0.421. The molecule has 10 heteroatoms. The van der Waals surface area contributed by atoms with E-state index in [4.69, 9.17) is 11.5 Å². The molecule has 1 unspecified atom stereocenters. The molecule has 3 fully saturated rings. The Morgan fingerprint density at radius 3 is 2.26 bits per heavy atom. The first-order chi connectivity index (χ1) is 15.9. The lowest BCUT2D eigenvalue weighted by Crippen LogP contribution is -2.39. The molecule has 2 amide bonds. The highest BCUT2D eigenvalue weighted by atomic mass is 35.5. The predicted molar refractivity (Wildman–Crippen MR) is 134 cm³/mol. The Morgan fingerprint density at radius 2 is 1.65 bits per heavy atom. The van der Waals surface area contributed by atoms with Crippen LogP contribution in [0.3, 0.4) is 0 Å². The Bertz CT molecular complexity index is 1040. The quantitative estimate of drug-likeness (QED) is 0.604. The van der Waals surface area contributed by atoms with Crippen LogP contribution in [0, 0.1) is 11.8 Å². The lowest BCUT2D eigenvalue weighted by Gasteiger charge is -2.30. The number of nitrogens with zero attached hydrogens (tertiary/aromatic N) is 4. The molecule has 2 aliphatic heterocycles. The van der Waals surface area contributed by atoms with Gasteiger partial charge in [0.25, 0.3) is 0 Å². The number of urea groups is 1. The minimum absolute atomic E-state index is 0. The number of nitrogens with two attached hydrogens (primary N) is 2. The highest BCUT2D eigenvalue weighted by Gasteiger charge is 2.41. The van der Waals surface area contributed by atoms with E-state index >= 15 is 0 Å². The number of hydrogen-bond acceptors (Lipinski definition) is 6. The molecule has 0 radical (unpaired) electrons. The number of amides is 2. The van der Waals surface area contributed by atoms with Crippen molar-refractivity contribution in [2.24, 2.45) is 23.3 Å². The molecule has 9 nitrogen and oxygen atoms in total. The maximum absolute atomic E-state index is 12.6. The molecule has 3 atom stereocenters. The normalized spacial score (nSPS) is 25.1. The molecule has 2 aromatic rings. The third-order valence-electron chi connectivity index (χ3n) is 7.37. The van der Waals surface area contributed by atoms with Crippen LogP contribution in [0.5, 0.6) is 0 Å². The number of likely N-dealkylation sites (tertiary alicyclic amines) is 2. The third-order valence-corrected chi connectivity index (χ3v) is 7.37. The van der Waals surface area contributed by atoms with Crippen molar-refractivity contribution in [3.63, 3.8) is 0 Å². The number of carbonyl (C=O) groups excluding carboxylic acids is 1. The predicted octanol–water partition coefficient (Wildman–Crippen LogP) is 1.78. The van der Waals surface area contributed by atoms with E-state index in [9.17, 15) is 9.59 Å². The van der Waals surface area contributed by atoms with E-state index in [1.54, 1.807) is 12.3 Å². The number of benzene rings is 1. The topological polar surface area (TPSA) is 123 Å². The molecule has 3 aliphatic rings. The summed E-state index contributed by atoms with van der Waals surface area (Å²) in [5, 5.41) is 2.78. The van der Waals surface area contributed by atoms with E-state index in [0.29, 0.717) is 17.9 Å². The van der Waals surface area contributed by atoms with Crippen molar-refractivity contribution >= 4 is 24.3 Å². The Morgan fingerprint density at radius 1 is 1.00 bits per heavy atom. The summed E-state index contributed by atoms with van der Waals surface area (Å²) in [6.07, 6.45) is 5.69. The monoisotopic (exact) mass is 487 g/mol. The summed E-state index contributed by atoms with van der Waals surface area (Å²) in [7, 11) is 0. The first-order valence-corrected chi connectivity index (χ1v) is 11.9. The molecule has 34 heavy (non-hydrogen) atoms. The molecule has 1 aliphatic carbocycles. The standard InChI is InChI=1S/C24H33N7O2.ClH/c25-19-5-8-29(9-6-19)13-16-1-3-21(4-2-16)31-10-7-22(28-24(31)33)27-23(32)30-14-17-11-20(26)12-18(17)15-30;/h1-4,7,10,17-20H,5-6,8-9,11-15,25-26H2,(H,27,28,32,33);1H/t17-,18+,20?;. The summed E-state index contributed by atoms with van der Waals surface area (Å²) in [6, 6.07) is 9.99. The van der Waals surface area contributed by atoms with Gasteiger partial charge in [-0.3, -0.25) is 14.8 Å². The summed E-state index contributed by atoms with van der Waals surface area (Å²) < 4.78 is 1.49. The maximum atomic E-state index is 12.6. The lowest BCUT2D eigenvalue weighted by atomic mass is 10.0. The van der Waals surface area contributed by atoms with Crippen molar-refractivity contribution in [2.75, 3.05) is 31.5 Å². The SMILES string of the molecule is Cl.NC1CCN(Cc2ccc(-n3ccc(NC(=O)N4C[C@H]5CC(N)C[C@H]5C4)nc3=O)cc2)CC1. The summed E-state index contributed by atoms with van der Waals surface area (Å²) >= 11 is 0. The molecule has 184 valence electrons. The molecular weight excluding hydrogens is 454 g/mol. The Kier molecular flexibility index (Phi) is 7.57. The zero-order valence-corrected chi connectivity index (χ0v) is 20.1. The zero-order chi connectivity index (χ0) is 22.9. The molecule has 0 bridgehead atoms. The molecule has 0 spiro atoms. The number of aromatic nitrogens is 2. The van der Waals surface area contributed by atoms with Gasteiger partial charge in [-0.2, -0.15) is 4.98 Å². The average molecular weight is 488 g/mol. The molecule has 1 aromatic heterocycles. The maximum Gasteiger partial charge on any atom is 0.354 e. The summed E-state index contributed by atoms with van der Waals surface area (Å²) in [5.74, 6) is 1.25. The van der Waals surface area contributed by atoms with E-state index in [1.165, 1.54) is 10.1 Å². The van der Waals surface area contributed by atoms with Gasteiger partial charge in [-0.1, -0.05) is 12.1 Å². The molecule has 3 heterocycles. The van der Waals surface area contributed by atoms with Crippen LogP contribution in [-0.2, 0) is 6.54 Å². The fourth-order valence-corrected chi connectivity index (χ4v) is 5.50. The number of halogens is 1. The fraction of sp³-hybridized carbons (Fsp3) is 0.542. The molecule has 1 aromatic carbocycles. The molecule has 5 N–H and O–H groups in total. The number of rotatable bonds is 4. The van der Waals surface area contributed by atoms with Gasteiger partial charge in [0.1, 0.15) is 5.82 Å². The van der Waals surface area contributed by atoms with E-state index in [0.717, 1.165) is 64.1 Å². The van der Waals surface area contributed by atoms with Gasteiger partial charge in [-0.25, -0.2) is 9.59 Å². The van der Waals surface area contributed by atoms with Gasteiger partial charge in [-0.05, 0) is 74.4 Å². The molecule has 5 rings (SSSR count). The van der Waals surface area contributed by atoms with Crippen molar-refractivity contribution in [3.05, 3.63) is 52.6 Å². The van der Waals surface area contributed by atoms with E-state index in [-0.39, 0.29) is 30.3 Å². The van der Waals surface area contributed by atoms with Crippen LogP contribution < -0.4 is 22.5 Å². The fourth-order valence-electron chi connectivity index (χ4n) is 5.50. The van der Waals surface area contributed by atoms with Gasteiger partial charge in [0.05, 0.1) is 5.69 Å². The molecule has 2 saturated heterocycles.